The minimum atomic E-state index is -4.21. The topological polar surface area (TPSA) is 49.3 Å². The van der Waals surface area contributed by atoms with Crippen molar-refractivity contribution in [3.05, 3.63) is 0 Å². The van der Waals surface area contributed by atoms with Gasteiger partial charge in [0.25, 0.3) is 0 Å². The fraction of sp³-hybridized carbons (Fsp3) is 0.929. The summed E-state index contributed by atoms with van der Waals surface area (Å²) >= 11 is 0. The summed E-state index contributed by atoms with van der Waals surface area (Å²) in [5.74, 6) is -2.00. The van der Waals surface area contributed by atoms with Gasteiger partial charge in [-0.2, -0.15) is 13.2 Å². The van der Waals surface area contributed by atoms with E-state index in [9.17, 15) is 23.1 Å². The lowest BCUT2D eigenvalue weighted by Crippen LogP contribution is -2.40. The molecule has 1 aliphatic rings. The van der Waals surface area contributed by atoms with Crippen LogP contribution < -0.4 is 5.32 Å². The van der Waals surface area contributed by atoms with Gasteiger partial charge in [0.2, 0.25) is 5.91 Å². The average Bonchev–Trinajstić information content (AvgIpc) is 2.34. The maximum atomic E-state index is 12.7. The smallest absolute Gasteiger partial charge is 0.391 e. The van der Waals surface area contributed by atoms with E-state index in [1.165, 1.54) is 0 Å². The Balaban J connectivity index is 2.39. The standard InChI is InChI=1S/C14H24F3NO2/c1-9(2)6-12(19)8-18-13(20)10-4-3-5-11(7-10)14(15,16)17/h9-12,19H,3-8H2,1-2H3,(H,18,20). The highest BCUT2D eigenvalue weighted by Crippen LogP contribution is 2.39. The number of rotatable bonds is 5. The molecule has 0 spiro atoms. The average molecular weight is 295 g/mol. The predicted octanol–water partition coefficient (Wildman–Crippen LogP) is 2.88. The van der Waals surface area contributed by atoms with Crippen LogP contribution in [0, 0.1) is 17.8 Å². The first kappa shape index (κ1) is 17.3. The van der Waals surface area contributed by atoms with Crippen molar-refractivity contribution in [3.63, 3.8) is 0 Å². The van der Waals surface area contributed by atoms with E-state index in [-0.39, 0.29) is 25.3 Å². The molecule has 1 rings (SSSR count). The number of amides is 1. The van der Waals surface area contributed by atoms with Crippen molar-refractivity contribution in [1.82, 2.24) is 5.32 Å². The second-order valence-electron chi connectivity index (χ2n) is 6.13. The van der Waals surface area contributed by atoms with Gasteiger partial charge in [-0.1, -0.05) is 20.3 Å². The van der Waals surface area contributed by atoms with Crippen LogP contribution >= 0.6 is 0 Å². The number of nitrogens with one attached hydrogen (secondary N) is 1. The highest BCUT2D eigenvalue weighted by molar-refractivity contribution is 5.78. The molecule has 1 aliphatic carbocycles. The molecular formula is C14H24F3NO2. The largest absolute Gasteiger partial charge is 0.391 e. The molecule has 0 aromatic rings. The van der Waals surface area contributed by atoms with Gasteiger partial charge in [0.15, 0.2) is 0 Å². The summed E-state index contributed by atoms with van der Waals surface area (Å²) in [6, 6.07) is 0. The Labute approximate surface area is 117 Å². The molecule has 3 atom stereocenters. The first-order valence-electron chi connectivity index (χ1n) is 7.22. The zero-order valence-corrected chi connectivity index (χ0v) is 12.0. The molecule has 3 nitrogen and oxygen atoms in total. The van der Waals surface area contributed by atoms with Gasteiger partial charge in [0.1, 0.15) is 0 Å². The number of alkyl halides is 3. The van der Waals surface area contributed by atoms with Gasteiger partial charge in [-0.3, -0.25) is 4.79 Å². The van der Waals surface area contributed by atoms with Crippen LogP contribution in [0.4, 0.5) is 13.2 Å². The Kier molecular flexibility index (Phi) is 6.30. The highest BCUT2D eigenvalue weighted by atomic mass is 19.4. The Hall–Kier alpha value is -0.780. The third-order valence-corrected chi connectivity index (χ3v) is 3.76. The monoisotopic (exact) mass is 295 g/mol. The van der Waals surface area contributed by atoms with Crippen LogP contribution in [0.2, 0.25) is 0 Å². The van der Waals surface area contributed by atoms with E-state index in [1.54, 1.807) is 0 Å². The molecule has 1 saturated carbocycles. The number of hydrogen-bond acceptors (Lipinski definition) is 2. The molecule has 118 valence electrons. The summed E-state index contributed by atoms with van der Waals surface area (Å²) in [6.45, 7) is 4.03. The fourth-order valence-corrected chi connectivity index (χ4v) is 2.72. The molecule has 1 fully saturated rings. The molecule has 20 heavy (non-hydrogen) atoms. The molecular weight excluding hydrogens is 271 g/mol. The minimum Gasteiger partial charge on any atom is -0.391 e. The predicted molar refractivity (Wildman–Crippen MR) is 70.0 cm³/mol. The molecule has 0 bridgehead atoms. The zero-order valence-electron chi connectivity index (χ0n) is 12.0. The van der Waals surface area contributed by atoms with Gasteiger partial charge in [-0.05, 0) is 31.6 Å². The van der Waals surface area contributed by atoms with Gasteiger partial charge < -0.3 is 10.4 Å². The van der Waals surface area contributed by atoms with Crippen molar-refractivity contribution in [1.29, 1.82) is 0 Å². The molecule has 0 heterocycles. The van der Waals surface area contributed by atoms with Gasteiger partial charge in [0, 0.05) is 12.5 Å². The molecule has 0 radical (unpaired) electrons. The first-order valence-corrected chi connectivity index (χ1v) is 7.22. The summed E-state index contributed by atoms with van der Waals surface area (Å²) in [4.78, 5) is 11.9. The number of carbonyl (C=O) groups excluding carboxylic acids is 1. The highest BCUT2D eigenvalue weighted by Gasteiger charge is 2.43. The van der Waals surface area contributed by atoms with Crippen LogP contribution in [0.1, 0.15) is 46.0 Å². The molecule has 0 saturated heterocycles. The molecule has 0 aliphatic heterocycles. The summed E-state index contributed by atoms with van der Waals surface area (Å²) in [5, 5.41) is 12.2. The normalized spacial score (nSPS) is 25.6. The van der Waals surface area contributed by atoms with Gasteiger partial charge in [0.05, 0.1) is 12.0 Å². The van der Waals surface area contributed by atoms with Crippen LogP contribution in [0.5, 0.6) is 0 Å². The van der Waals surface area contributed by atoms with E-state index in [0.29, 0.717) is 25.2 Å². The molecule has 0 aromatic heterocycles. The summed E-state index contributed by atoms with van der Waals surface area (Å²) in [6.07, 6.45) is -3.37. The van der Waals surface area contributed by atoms with Crippen LogP contribution in [0.15, 0.2) is 0 Å². The quantitative estimate of drug-likeness (QED) is 0.819. The minimum absolute atomic E-state index is 0.114. The van der Waals surface area contributed by atoms with Crippen molar-refractivity contribution in [2.45, 2.75) is 58.2 Å². The van der Waals surface area contributed by atoms with E-state index < -0.39 is 24.1 Å². The van der Waals surface area contributed by atoms with E-state index in [1.807, 2.05) is 13.8 Å². The van der Waals surface area contributed by atoms with Gasteiger partial charge in [-0.15, -0.1) is 0 Å². The third-order valence-electron chi connectivity index (χ3n) is 3.76. The van der Waals surface area contributed by atoms with Gasteiger partial charge in [-0.25, -0.2) is 0 Å². The number of halogens is 3. The second kappa shape index (κ2) is 7.29. The number of aliphatic hydroxyl groups excluding tert-OH is 1. The van der Waals surface area contributed by atoms with Crippen molar-refractivity contribution in [2.24, 2.45) is 17.8 Å². The number of hydrogen-bond donors (Lipinski definition) is 2. The lowest BCUT2D eigenvalue weighted by molar-refractivity contribution is -0.186. The number of carbonyl (C=O) groups is 1. The Morgan fingerprint density at radius 2 is 2.00 bits per heavy atom. The molecule has 1 amide bonds. The van der Waals surface area contributed by atoms with E-state index >= 15 is 0 Å². The van der Waals surface area contributed by atoms with E-state index in [4.69, 9.17) is 0 Å². The SMILES string of the molecule is CC(C)CC(O)CNC(=O)C1CCCC(C(F)(F)F)C1. The molecule has 2 N–H and O–H groups in total. The van der Waals surface area contributed by atoms with Crippen LogP contribution in [-0.4, -0.2) is 29.8 Å². The lowest BCUT2D eigenvalue weighted by Gasteiger charge is -2.30. The molecule has 6 heteroatoms. The summed E-state index contributed by atoms with van der Waals surface area (Å²) in [5.41, 5.74) is 0. The lowest BCUT2D eigenvalue weighted by atomic mass is 9.80. The Bertz CT molecular complexity index is 318. The van der Waals surface area contributed by atoms with Crippen molar-refractivity contribution in [3.8, 4) is 0 Å². The summed E-state index contributed by atoms with van der Waals surface area (Å²) < 4.78 is 38.0. The Morgan fingerprint density at radius 1 is 1.35 bits per heavy atom. The Morgan fingerprint density at radius 3 is 2.55 bits per heavy atom. The summed E-state index contributed by atoms with van der Waals surface area (Å²) in [7, 11) is 0. The van der Waals surface area contributed by atoms with Crippen molar-refractivity contribution in [2.75, 3.05) is 6.54 Å². The van der Waals surface area contributed by atoms with Crippen LogP contribution in [-0.2, 0) is 4.79 Å². The van der Waals surface area contributed by atoms with Crippen LogP contribution in [0.3, 0.4) is 0 Å². The fourth-order valence-electron chi connectivity index (χ4n) is 2.72. The van der Waals surface area contributed by atoms with Gasteiger partial charge >= 0.3 is 6.18 Å². The van der Waals surface area contributed by atoms with Crippen molar-refractivity contribution >= 4 is 5.91 Å². The maximum absolute atomic E-state index is 12.7. The van der Waals surface area contributed by atoms with E-state index in [2.05, 4.69) is 5.32 Å². The van der Waals surface area contributed by atoms with E-state index in [0.717, 1.165) is 0 Å². The zero-order chi connectivity index (χ0) is 15.3. The second-order valence-corrected chi connectivity index (χ2v) is 6.13. The number of aliphatic hydroxyl groups is 1. The molecule has 0 aromatic carbocycles. The van der Waals surface area contributed by atoms with Crippen LogP contribution in [0.25, 0.3) is 0 Å². The maximum Gasteiger partial charge on any atom is 0.391 e. The van der Waals surface area contributed by atoms with Crippen molar-refractivity contribution < 1.29 is 23.1 Å². The third kappa shape index (κ3) is 5.69. The first-order chi connectivity index (χ1) is 9.20. The molecule has 3 unspecified atom stereocenters.